The number of hydrogen-bond acceptors (Lipinski definition) is 9. The smallest absolute Gasteiger partial charge is 0.282 e. The van der Waals surface area contributed by atoms with Gasteiger partial charge >= 0.3 is 0 Å². The van der Waals surface area contributed by atoms with Crippen LogP contribution in [0.4, 0.5) is 5.69 Å². The maximum Gasteiger partial charge on any atom is 0.282 e. The Bertz CT molecular complexity index is 1470. The summed E-state index contributed by atoms with van der Waals surface area (Å²) in [4.78, 5) is 58.5. The molecule has 1 aromatic heterocycles. The van der Waals surface area contributed by atoms with Gasteiger partial charge in [-0.1, -0.05) is 12.1 Å². The third kappa shape index (κ3) is 7.16. The molecule has 242 valence electrons. The van der Waals surface area contributed by atoms with Crippen LogP contribution in [0.15, 0.2) is 39.7 Å². The van der Waals surface area contributed by atoms with Gasteiger partial charge in [0.25, 0.3) is 11.5 Å². The molecule has 0 saturated carbocycles. The monoisotopic (exact) mass is 682 g/mol. The molecule has 0 aliphatic carbocycles. The van der Waals surface area contributed by atoms with E-state index >= 15 is 0 Å². The molecular weight excluding hydrogens is 640 g/mol. The minimum absolute atomic E-state index is 0.0807. The maximum absolute atomic E-state index is 13.4. The summed E-state index contributed by atoms with van der Waals surface area (Å²) in [6.45, 7) is 6.64. The number of carbonyl (C=O) groups is 3. The number of aromatic nitrogens is 2. The van der Waals surface area contributed by atoms with Crippen LogP contribution in [0.25, 0.3) is 0 Å². The molecule has 5 heterocycles. The fourth-order valence-corrected chi connectivity index (χ4v) is 7.93. The van der Waals surface area contributed by atoms with Crippen LogP contribution < -0.4 is 16.2 Å². The number of hydrogen-bond donors (Lipinski definition) is 2. The molecular formula is C32H43BrN8O4. The van der Waals surface area contributed by atoms with E-state index in [1.54, 1.807) is 13.2 Å². The fourth-order valence-electron chi connectivity index (χ4n) is 7.46. The van der Waals surface area contributed by atoms with Crippen molar-refractivity contribution in [3.63, 3.8) is 0 Å². The number of carbonyl (C=O) groups excluding carboxylic acids is 3. The van der Waals surface area contributed by atoms with Gasteiger partial charge in [-0.05, 0) is 72.3 Å². The van der Waals surface area contributed by atoms with Crippen molar-refractivity contribution in [3.8, 4) is 0 Å². The zero-order valence-electron chi connectivity index (χ0n) is 26.1. The molecule has 3 atom stereocenters. The summed E-state index contributed by atoms with van der Waals surface area (Å²) in [7, 11) is 3.74. The van der Waals surface area contributed by atoms with Crippen LogP contribution in [0.3, 0.4) is 0 Å². The predicted molar refractivity (Wildman–Crippen MR) is 174 cm³/mol. The van der Waals surface area contributed by atoms with Crippen LogP contribution in [0.2, 0.25) is 0 Å². The van der Waals surface area contributed by atoms with Gasteiger partial charge in [0.15, 0.2) is 0 Å². The van der Waals surface area contributed by atoms with Gasteiger partial charge in [0.2, 0.25) is 11.8 Å². The number of imide groups is 1. The number of benzene rings is 1. The number of nitrogens with zero attached hydrogens (tertiary/aromatic N) is 6. The van der Waals surface area contributed by atoms with E-state index in [9.17, 15) is 19.2 Å². The molecule has 12 nitrogen and oxygen atoms in total. The Labute approximate surface area is 272 Å². The highest BCUT2D eigenvalue weighted by molar-refractivity contribution is 9.10. The molecule has 3 amide bonds. The zero-order valence-corrected chi connectivity index (χ0v) is 27.7. The topological polar surface area (TPSA) is 123 Å². The average molecular weight is 684 g/mol. The van der Waals surface area contributed by atoms with Crippen LogP contribution in [-0.2, 0) is 16.6 Å². The van der Waals surface area contributed by atoms with Gasteiger partial charge in [0.1, 0.15) is 4.47 Å². The number of nitrogens with one attached hydrogen (secondary N) is 2. The van der Waals surface area contributed by atoms with Crippen LogP contribution >= 0.6 is 15.9 Å². The van der Waals surface area contributed by atoms with Crippen molar-refractivity contribution >= 4 is 39.3 Å². The number of piperidine rings is 3. The Hall–Kier alpha value is -3.13. The van der Waals surface area contributed by atoms with Crippen LogP contribution in [0.5, 0.6) is 0 Å². The largest absolute Gasteiger partial charge is 0.379 e. The number of anilines is 1. The van der Waals surface area contributed by atoms with E-state index in [1.165, 1.54) is 10.2 Å². The molecule has 2 aromatic rings. The van der Waals surface area contributed by atoms with Crippen molar-refractivity contribution in [3.05, 3.63) is 56.4 Å². The summed E-state index contributed by atoms with van der Waals surface area (Å²) < 4.78 is 1.80. The number of halogens is 1. The van der Waals surface area contributed by atoms with Crippen LogP contribution in [-0.4, -0.2) is 125 Å². The molecule has 0 radical (unpaired) electrons. The number of aryl methyl sites for hydroxylation is 1. The molecule has 13 heteroatoms. The number of rotatable bonds is 6. The van der Waals surface area contributed by atoms with Crippen molar-refractivity contribution < 1.29 is 14.4 Å². The van der Waals surface area contributed by atoms with Crippen molar-refractivity contribution in [2.75, 3.05) is 64.7 Å². The quantitative estimate of drug-likeness (QED) is 0.436. The number of piperazine rings is 1. The molecule has 4 aliphatic rings. The fraction of sp³-hybridized carbons (Fsp3) is 0.594. The normalized spacial score (nSPS) is 26.1. The van der Waals surface area contributed by atoms with Crippen molar-refractivity contribution in [1.82, 2.24) is 34.7 Å². The Balaban J connectivity index is 0.989. The summed E-state index contributed by atoms with van der Waals surface area (Å²) in [6.07, 6.45) is 5.62. The third-order valence-corrected chi connectivity index (χ3v) is 10.7. The lowest BCUT2D eigenvalue weighted by Crippen LogP contribution is -2.58. The Morgan fingerprint density at radius 1 is 0.933 bits per heavy atom. The summed E-state index contributed by atoms with van der Waals surface area (Å²) in [5, 5.41) is 10.1. The molecule has 4 aliphatic heterocycles. The summed E-state index contributed by atoms with van der Waals surface area (Å²) in [5.41, 5.74) is 2.46. The summed E-state index contributed by atoms with van der Waals surface area (Å²) in [5.74, 6) is 0.0610. The van der Waals surface area contributed by atoms with E-state index < -0.39 is 0 Å². The minimum atomic E-state index is -0.187. The molecule has 45 heavy (non-hydrogen) atoms. The maximum atomic E-state index is 13.4. The Morgan fingerprint density at radius 3 is 2.33 bits per heavy atom. The van der Waals surface area contributed by atoms with Crippen molar-refractivity contribution in [1.29, 1.82) is 0 Å². The third-order valence-electron chi connectivity index (χ3n) is 9.97. The lowest BCUT2D eigenvalue weighted by atomic mass is 9.87. The van der Waals surface area contributed by atoms with E-state index in [2.05, 4.69) is 65.5 Å². The van der Waals surface area contributed by atoms with E-state index in [0.29, 0.717) is 48.1 Å². The lowest BCUT2D eigenvalue weighted by molar-refractivity contribution is -0.138. The SMILES string of the molecule is CN1C[C@H](Nc2cnn(C)c(=O)c2Br)C[C@H](c2ccc(C(=O)N3CCN(C4CCN(C5CCC(=O)NC5=O)CC4)CC3)cc2)C1. The molecule has 0 spiro atoms. The van der Waals surface area contributed by atoms with Gasteiger partial charge < -0.3 is 15.1 Å². The number of likely N-dealkylation sites (tertiary alicyclic amines) is 2. The minimum Gasteiger partial charge on any atom is -0.379 e. The first-order chi connectivity index (χ1) is 21.7. The van der Waals surface area contributed by atoms with Crippen LogP contribution in [0, 0.1) is 0 Å². The highest BCUT2D eigenvalue weighted by Crippen LogP contribution is 2.30. The second-order valence-electron chi connectivity index (χ2n) is 13.0. The van der Waals surface area contributed by atoms with Gasteiger partial charge in [0.05, 0.1) is 17.9 Å². The first kappa shape index (κ1) is 31.8. The first-order valence-electron chi connectivity index (χ1n) is 16.0. The molecule has 6 rings (SSSR count). The van der Waals surface area contributed by atoms with Crippen molar-refractivity contribution in [2.24, 2.45) is 7.05 Å². The standard InChI is InChI=1S/C32H43BrN8O4/c1-37-19-23(17-24(20-37)35-26-18-34-38(2)32(45)29(26)33)21-3-5-22(6-4-21)31(44)41-15-13-39(14-16-41)25-9-11-40(12-10-25)27-7-8-28(42)36-30(27)43/h3-6,18,23-25,27,35H,7-17,19-20H2,1-2H3,(H,36,42,43)/t23-,24+,27?/m0/s1. The van der Waals surface area contributed by atoms with E-state index in [-0.39, 0.29) is 35.4 Å². The highest BCUT2D eigenvalue weighted by Gasteiger charge is 2.36. The zero-order chi connectivity index (χ0) is 31.7. The molecule has 0 bridgehead atoms. The van der Waals surface area contributed by atoms with Gasteiger partial charge in [-0.3, -0.25) is 34.3 Å². The average Bonchev–Trinajstić information content (AvgIpc) is 3.05. The second kappa shape index (κ2) is 13.7. The lowest BCUT2D eigenvalue weighted by Gasteiger charge is -2.44. The van der Waals surface area contributed by atoms with Crippen LogP contribution in [0.1, 0.15) is 53.9 Å². The molecule has 1 aromatic carbocycles. The summed E-state index contributed by atoms with van der Waals surface area (Å²) >= 11 is 3.42. The summed E-state index contributed by atoms with van der Waals surface area (Å²) in [6, 6.07) is 8.55. The van der Waals surface area contributed by atoms with E-state index in [1.807, 2.05) is 17.0 Å². The van der Waals surface area contributed by atoms with Gasteiger partial charge in [-0.15, -0.1) is 0 Å². The molecule has 1 unspecified atom stereocenters. The Kier molecular flexibility index (Phi) is 9.69. The Morgan fingerprint density at radius 2 is 1.64 bits per heavy atom. The first-order valence-corrected chi connectivity index (χ1v) is 16.8. The molecule has 4 fully saturated rings. The van der Waals surface area contributed by atoms with Crippen molar-refractivity contribution in [2.45, 2.75) is 56.1 Å². The predicted octanol–water partition coefficient (Wildman–Crippen LogP) is 1.47. The number of likely N-dealkylation sites (N-methyl/N-ethyl adjacent to an activating group) is 1. The van der Waals surface area contributed by atoms with Gasteiger partial charge in [0, 0.05) is 83.5 Å². The second-order valence-corrected chi connectivity index (χ2v) is 13.8. The number of amides is 3. The van der Waals surface area contributed by atoms with Gasteiger partial charge in [-0.2, -0.15) is 5.10 Å². The van der Waals surface area contributed by atoms with E-state index in [0.717, 1.165) is 64.1 Å². The highest BCUT2D eigenvalue weighted by atomic mass is 79.9. The molecule has 4 saturated heterocycles. The van der Waals surface area contributed by atoms with E-state index in [4.69, 9.17) is 0 Å². The molecule has 2 N–H and O–H groups in total. The van der Waals surface area contributed by atoms with Gasteiger partial charge in [-0.25, -0.2) is 4.68 Å².